The van der Waals surface area contributed by atoms with Gasteiger partial charge in [-0.25, -0.2) is 4.98 Å². The average Bonchev–Trinajstić information content (AvgIpc) is 2.53. The number of aryl methyl sites for hydroxylation is 1. The number of hydrogen-bond acceptors (Lipinski definition) is 7. The van der Waals surface area contributed by atoms with Crippen LogP contribution in [-0.2, 0) is 11.2 Å². The van der Waals surface area contributed by atoms with Crippen LogP contribution in [0.1, 0.15) is 31.7 Å². The maximum absolute atomic E-state index is 10.3. The number of nitrogen functional groups attached to an aromatic ring is 1. The van der Waals surface area contributed by atoms with E-state index >= 15 is 0 Å². The highest BCUT2D eigenvalue weighted by atomic mass is 16.5. The predicted octanol–water partition coefficient (Wildman–Crippen LogP) is 0.102. The van der Waals surface area contributed by atoms with Gasteiger partial charge >= 0.3 is 0 Å². The maximum atomic E-state index is 10.3. The van der Waals surface area contributed by atoms with E-state index in [0.717, 1.165) is 17.8 Å². The third kappa shape index (κ3) is 2.64. The van der Waals surface area contributed by atoms with Crippen LogP contribution in [0.5, 0.6) is 0 Å². The molecule has 4 N–H and O–H groups in total. The molecule has 1 aromatic heterocycles. The lowest BCUT2D eigenvalue weighted by molar-refractivity contribution is -0.205. The van der Waals surface area contributed by atoms with E-state index in [1.165, 1.54) is 0 Å². The Kier molecular flexibility index (Phi) is 4.20. The summed E-state index contributed by atoms with van der Waals surface area (Å²) in [4.78, 5) is 10.6. The van der Waals surface area contributed by atoms with Crippen molar-refractivity contribution in [3.63, 3.8) is 0 Å². The Morgan fingerprint density at radius 2 is 2.14 bits per heavy atom. The van der Waals surface area contributed by atoms with Crippen LogP contribution in [0.4, 0.5) is 11.8 Å². The fourth-order valence-corrected chi connectivity index (χ4v) is 3.45. The molecule has 0 aromatic carbocycles. The summed E-state index contributed by atoms with van der Waals surface area (Å²) >= 11 is 0. The number of nitrogens with two attached hydrogens (primary N) is 1. The second-order valence-corrected chi connectivity index (χ2v) is 6.13. The molecular formula is C15H24N4O3. The maximum Gasteiger partial charge on any atom is 0.221 e. The Bertz CT molecular complexity index is 532. The average molecular weight is 308 g/mol. The van der Waals surface area contributed by atoms with Crippen molar-refractivity contribution in [3.05, 3.63) is 11.8 Å². The van der Waals surface area contributed by atoms with Gasteiger partial charge in [0.05, 0.1) is 18.3 Å². The van der Waals surface area contributed by atoms with Gasteiger partial charge in [0.25, 0.3) is 0 Å². The Balaban J connectivity index is 1.76. The molecule has 0 radical (unpaired) electrons. The molecule has 1 spiro atoms. The van der Waals surface area contributed by atoms with E-state index in [1.807, 2.05) is 0 Å². The molecule has 2 aliphatic rings. The van der Waals surface area contributed by atoms with Crippen molar-refractivity contribution < 1.29 is 14.9 Å². The van der Waals surface area contributed by atoms with Gasteiger partial charge in [-0.05, 0) is 25.7 Å². The van der Waals surface area contributed by atoms with E-state index in [4.69, 9.17) is 10.5 Å². The zero-order chi connectivity index (χ0) is 15.7. The van der Waals surface area contributed by atoms with Crippen molar-refractivity contribution >= 4 is 11.8 Å². The number of anilines is 2. The van der Waals surface area contributed by atoms with Crippen LogP contribution in [0.25, 0.3) is 0 Å². The largest absolute Gasteiger partial charge is 0.390 e. The molecule has 2 fully saturated rings. The quantitative estimate of drug-likeness (QED) is 0.712. The van der Waals surface area contributed by atoms with Crippen LogP contribution in [0.2, 0.25) is 0 Å². The highest BCUT2D eigenvalue weighted by Gasteiger charge is 2.47. The normalized spacial score (nSPS) is 28.0. The molecule has 2 aliphatic heterocycles. The Morgan fingerprint density at radius 1 is 1.41 bits per heavy atom. The molecule has 122 valence electrons. The van der Waals surface area contributed by atoms with E-state index in [1.54, 1.807) is 6.20 Å². The third-order valence-electron chi connectivity index (χ3n) is 4.86. The lowest BCUT2D eigenvalue weighted by Crippen LogP contribution is -2.60. The van der Waals surface area contributed by atoms with Crippen molar-refractivity contribution in [1.82, 2.24) is 9.97 Å². The standard InChI is InChI=1S/C15H24N4O3/c1-2-10-9-17-14(16)18-13(10)19-6-4-15(5-7-19)12(21)11(20)3-8-22-15/h9,11-12,20-21H,2-8H2,1H3,(H2,16,17,18)/t11-,12-/m0/s1. The first-order valence-corrected chi connectivity index (χ1v) is 7.92. The Morgan fingerprint density at radius 3 is 2.82 bits per heavy atom. The zero-order valence-electron chi connectivity index (χ0n) is 12.9. The number of rotatable bonds is 2. The number of nitrogens with zero attached hydrogens (tertiary/aromatic N) is 3. The Hall–Kier alpha value is -1.44. The first-order valence-electron chi connectivity index (χ1n) is 7.92. The van der Waals surface area contributed by atoms with Gasteiger partial charge in [0, 0.05) is 24.8 Å². The third-order valence-corrected chi connectivity index (χ3v) is 4.86. The number of ether oxygens (including phenoxy) is 1. The second-order valence-electron chi connectivity index (χ2n) is 6.13. The number of aromatic nitrogens is 2. The molecule has 3 rings (SSSR count). The summed E-state index contributed by atoms with van der Waals surface area (Å²) < 4.78 is 5.86. The first kappa shape index (κ1) is 15.5. The summed E-state index contributed by atoms with van der Waals surface area (Å²) in [6, 6.07) is 0. The predicted molar refractivity (Wildman–Crippen MR) is 82.6 cm³/mol. The number of piperidine rings is 1. The van der Waals surface area contributed by atoms with Crippen LogP contribution in [0, 0.1) is 0 Å². The van der Waals surface area contributed by atoms with E-state index in [9.17, 15) is 10.2 Å². The fourth-order valence-electron chi connectivity index (χ4n) is 3.45. The molecule has 7 nitrogen and oxygen atoms in total. The van der Waals surface area contributed by atoms with Gasteiger partial charge in [0.15, 0.2) is 0 Å². The number of aliphatic hydroxyl groups excluding tert-OH is 2. The lowest BCUT2D eigenvalue weighted by atomic mass is 9.80. The highest BCUT2D eigenvalue weighted by molar-refractivity contribution is 5.49. The van der Waals surface area contributed by atoms with Gasteiger partial charge < -0.3 is 25.6 Å². The SMILES string of the molecule is CCc1cnc(N)nc1N1CCC2(CC1)OCC[C@H](O)[C@@H]2O. The Labute approximate surface area is 130 Å². The van der Waals surface area contributed by atoms with Gasteiger partial charge in [-0.15, -0.1) is 0 Å². The second kappa shape index (κ2) is 5.98. The van der Waals surface area contributed by atoms with Crippen molar-refractivity contribution in [2.24, 2.45) is 0 Å². The van der Waals surface area contributed by atoms with Crippen LogP contribution in [-0.4, -0.2) is 57.7 Å². The summed E-state index contributed by atoms with van der Waals surface area (Å²) in [5, 5.41) is 20.2. The van der Waals surface area contributed by atoms with E-state index in [2.05, 4.69) is 21.8 Å². The molecule has 3 heterocycles. The summed E-state index contributed by atoms with van der Waals surface area (Å²) in [6.45, 7) is 3.99. The lowest BCUT2D eigenvalue weighted by Gasteiger charge is -2.48. The van der Waals surface area contributed by atoms with Gasteiger partial charge in [0.1, 0.15) is 11.9 Å². The summed E-state index contributed by atoms with van der Waals surface area (Å²) in [7, 11) is 0. The molecule has 0 unspecified atom stereocenters. The van der Waals surface area contributed by atoms with Gasteiger partial charge in [-0.2, -0.15) is 4.98 Å². The first-order chi connectivity index (χ1) is 10.6. The minimum Gasteiger partial charge on any atom is -0.390 e. The van der Waals surface area contributed by atoms with Crippen molar-refractivity contribution in [2.45, 2.75) is 50.4 Å². The smallest absolute Gasteiger partial charge is 0.221 e. The van der Waals surface area contributed by atoms with Crippen LogP contribution >= 0.6 is 0 Å². The van der Waals surface area contributed by atoms with E-state index in [0.29, 0.717) is 39.0 Å². The summed E-state index contributed by atoms with van der Waals surface area (Å²) in [6.07, 6.45) is 2.93. The number of aliphatic hydroxyl groups is 2. The monoisotopic (exact) mass is 308 g/mol. The molecule has 2 atom stereocenters. The zero-order valence-corrected chi connectivity index (χ0v) is 12.9. The minimum atomic E-state index is -0.815. The van der Waals surface area contributed by atoms with Crippen molar-refractivity contribution in [3.8, 4) is 0 Å². The number of hydrogen-bond donors (Lipinski definition) is 3. The summed E-state index contributed by atoms with van der Waals surface area (Å²) in [5.41, 5.74) is 6.16. The minimum absolute atomic E-state index is 0.275. The molecule has 0 bridgehead atoms. The van der Waals surface area contributed by atoms with Crippen LogP contribution in [0.15, 0.2) is 6.20 Å². The molecule has 7 heteroatoms. The molecular weight excluding hydrogens is 284 g/mol. The van der Waals surface area contributed by atoms with Crippen LogP contribution < -0.4 is 10.6 Å². The van der Waals surface area contributed by atoms with Crippen molar-refractivity contribution in [2.75, 3.05) is 30.3 Å². The molecule has 0 amide bonds. The molecule has 2 saturated heterocycles. The van der Waals surface area contributed by atoms with E-state index < -0.39 is 17.8 Å². The highest BCUT2D eigenvalue weighted by Crippen LogP contribution is 2.37. The van der Waals surface area contributed by atoms with Crippen LogP contribution in [0.3, 0.4) is 0 Å². The van der Waals surface area contributed by atoms with Gasteiger partial charge in [-0.1, -0.05) is 6.92 Å². The molecule has 0 aliphatic carbocycles. The topological polar surface area (TPSA) is 105 Å². The molecule has 0 saturated carbocycles. The fraction of sp³-hybridized carbons (Fsp3) is 0.733. The molecule has 22 heavy (non-hydrogen) atoms. The van der Waals surface area contributed by atoms with Gasteiger partial charge in [0.2, 0.25) is 5.95 Å². The molecule has 1 aromatic rings. The van der Waals surface area contributed by atoms with Gasteiger partial charge in [-0.3, -0.25) is 0 Å². The van der Waals surface area contributed by atoms with E-state index in [-0.39, 0.29) is 5.95 Å². The summed E-state index contributed by atoms with van der Waals surface area (Å²) in [5.74, 6) is 1.15. The van der Waals surface area contributed by atoms with Crippen molar-refractivity contribution in [1.29, 1.82) is 0 Å².